The zero-order chi connectivity index (χ0) is 20.2. The number of carbonyl (C=O) groups is 1. The minimum absolute atomic E-state index is 0.137. The topological polar surface area (TPSA) is 69.5 Å². The van der Waals surface area contributed by atoms with Crippen molar-refractivity contribution in [2.45, 2.75) is 6.54 Å². The summed E-state index contributed by atoms with van der Waals surface area (Å²) in [6, 6.07) is 14.7. The Bertz CT molecular complexity index is 1120. The van der Waals surface area contributed by atoms with E-state index < -0.39 is 0 Å². The third-order valence-corrected chi connectivity index (χ3v) is 5.53. The van der Waals surface area contributed by atoms with Crippen LogP contribution in [0.5, 0.6) is 11.5 Å². The van der Waals surface area contributed by atoms with Crippen LogP contribution in [0.15, 0.2) is 60.9 Å². The van der Waals surface area contributed by atoms with E-state index in [1.165, 1.54) is 11.3 Å². The number of methoxy groups -OCH3 is 2. The van der Waals surface area contributed by atoms with Crippen molar-refractivity contribution in [1.29, 1.82) is 0 Å². The van der Waals surface area contributed by atoms with Crippen molar-refractivity contribution in [2.75, 3.05) is 25.7 Å². The Kier molecular flexibility index (Phi) is 5.44. The molecule has 29 heavy (non-hydrogen) atoms. The third-order valence-electron chi connectivity index (χ3n) is 4.49. The number of hydrogen-bond donors (Lipinski definition) is 0. The molecule has 1 amide bonds. The number of thiazole rings is 1. The molecule has 0 saturated carbocycles. The SMILES string of the molecule is COc1cccc(C(=O)N(CCn2cccn2)c2nc3ccc(OC)cc3s2)c1. The molecule has 4 rings (SSSR count). The molecule has 0 radical (unpaired) electrons. The molecule has 0 aliphatic rings. The third kappa shape index (κ3) is 4.07. The van der Waals surface area contributed by atoms with Crippen LogP contribution in [0.25, 0.3) is 10.2 Å². The average Bonchev–Trinajstić information content (AvgIpc) is 3.43. The predicted molar refractivity (Wildman–Crippen MR) is 113 cm³/mol. The lowest BCUT2D eigenvalue weighted by atomic mass is 10.2. The van der Waals surface area contributed by atoms with Gasteiger partial charge in [-0.05, 0) is 42.5 Å². The summed E-state index contributed by atoms with van der Waals surface area (Å²) >= 11 is 1.46. The van der Waals surface area contributed by atoms with E-state index in [1.807, 2.05) is 36.5 Å². The number of benzene rings is 2. The van der Waals surface area contributed by atoms with E-state index in [4.69, 9.17) is 9.47 Å². The highest BCUT2D eigenvalue weighted by Crippen LogP contribution is 2.32. The number of amides is 1. The van der Waals surface area contributed by atoms with Gasteiger partial charge in [0.2, 0.25) is 0 Å². The molecule has 0 unspecified atom stereocenters. The largest absolute Gasteiger partial charge is 0.497 e. The summed E-state index contributed by atoms with van der Waals surface area (Å²) in [5.74, 6) is 1.26. The maximum Gasteiger partial charge on any atom is 0.260 e. The quantitative estimate of drug-likeness (QED) is 0.464. The summed E-state index contributed by atoms with van der Waals surface area (Å²) in [7, 11) is 3.21. The smallest absolute Gasteiger partial charge is 0.260 e. The van der Waals surface area contributed by atoms with Crippen LogP contribution in [0, 0.1) is 0 Å². The van der Waals surface area contributed by atoms with E-state index in [9.17, 15) is 4.79 Å². The first-order valence-corrected chi connectivity index (χ1v) is 9.87. The fourth-order valence-corrected chi connectivity index (χ4v) is 3.98. The summed E-state index contributed by atoms with van der Waals surface area (Å²) in [4.78, 5) is 19.7. The zero-order valence-corrected chi connectivity index (χ0v) is 16.9. The monoisotopic (exact) mass is 408 g/mol. The van der Waals surface area contributed by atoms with Gasteiger partial charge in [0.1, 0.15) is 11.5 Å². The molecule has 2 heterocycles. The Morgan fingerprint density at radius 3 is 2.69 bits per heavy atom. The molecule has 7 nitrogen and oxygen atoms in total. The van der Waals surface area contributed by atoms with E-state index in [-0.39, 0.29) is 5.91 Å². The summed E-state index contributed by atoms with van der Waals surface area (Å²) in [6.07, 6.45) is 3.59. The lowest BCUT2D eigenvalue weighted by Gasteiger charge is -2.20. The van der Waals surface area contributed by atoms with Crippen molar-refractivity contribution in [2.24, 2.45) is 0 Å². The van der Waals surface area contributed by atoms with Crippen molar-refractivity contribution < 1.29 is 14.3 Å². The number of ether oxygens (including phenoxy) is 2. The normalized spacial score (nSPS) is 10.8. The van der Waals surface area contributed by atoms with E-state index in [1.54, 1.807) is 48.2 Å². The first-order chi connectivity index (χ1) is 14.2. The van der Waals surface area contributed by atoms with Crippen LogP contribution in [-0.2, 0) is 6.54 Å². The highest BCUT2D eigenvalue weighted by atomic mass is 32.1. The lowest BCUT2D eigenvalue weighted by molar-refractivity contribution is 0.0985. The summed E-state index contributed by atoms with van der Waals surface area (Å²) in [5.41, 5.74) is 1.37. The molecule has 0 aliphatic carbocycles. The lowest BCUT2D eigenvalue weighted by Crippen LogP contribution is -2.34. The van der Waals surface area contributed by atoms with Gasteiger partial charge in [0, 0.05) is 24.5 Å². The number of carbonyl (C=O) groups excluding carboxylic acids is 1. The van der Waals surface area contributed by atoms with Gasteiger partial charge in [0.05, 0.1) is 31.0 Å². The number of fused-ring (bicyclic) bond motifs is 1. The Balaban J connectivity index is 1.70. The number of nitrogens with zero attached hydrogens (tertiary/aromatic N) is 4. The Morgan fingerprint density at radius 2 is 1.93 bits per heavy atom. The van der Waals surface area contributed by atoms with Crippen LogP contribution in [0.1, 0.15) is 10.4 Å². The summed E-state index contributed by atoms with van der Waals surface area (Å²) in [6.45, 7) is 0.997. The van der Waals surface area contributed by atoms with Crippen LogP contribution >= 0.6 is 11.3 Å². The van der Waals surface area contributed by atoms with Gasteiger partial charge in [-0.15, -0.1) is 0 Å². The molecule has 2 aromatic carbocycles. The molecular formula is C21H20N4O3S. The van der Waals surface area contributed by atoms with E-state index in [0.29, 0.717) is 29.5 Å². The summed E-state index contributed by atoms with van der Waals surface area (Å²) < 4.78 is 13.3. The standard InChI is InChI=1S/C21H20N4O3S/c1-27-16-6-3-5-15(13-16)20(26)25(12-11-24-10-4-9-22-24)21-23-18-8-7-17(28-2)14-19(18)29-21/h3-10,13-14H,11-12H2,1-2H3. The molecular weight excluding hydrogens is 388 g/mol. The van der Waals surface area contributed by atoms with Crippen molar-refractivity contribution in [3.8, 4) is 11.5 Å². The predicted octanol–water partition coefficient (Wildman–Crippen LogP) is 3.86. The van der Waals surface area contributed by atoms with Gasteiger partial charge in [-0.2, -0.15) is 5.10 Å². The van der Waals surface area contributed by atoms with E-state index in [0.717, 1.165) is 16.0 Å². The zero-order valence-electron chi connectivity index (χ0n) is 16.1. The highest BCUT2D eigenvalue weighted by Gasteiger charge is 2.22. The van der Waals surface area contributed by atoms with Crippen LogP contribution < -0.4 is 14.4 Å². The fourth-order valence-electron chi connectivity index (χ4n) is 2.97. The van der Waals surface area contributed by atoms with E-state index in [2.05, 4.69) is 10.1 Å². The maximum absolute atomic E-state index is 13.4. The van der Waals surface area contributed by atoms with Crippen molar-refractivity contribution >= 4 is 32.6 Å². The van der Waals surface area contributed by atoms with Crippen LogP contribution in [-0.4, -0.2) is 41.4 Å². The Labute approximate surface area is 172 Å². The average molecular weight is 408 g/mol. The molecule has 0 aliphatic heterocycles. The van der Waals surface area contributed by atoms with Crippen molar-refractivity contribution in [1.82, 2.24) is 14.8 Å². The van der Waals surface area contributed by atoms with Crippen LogP contribution in [0.2, 0.25) is 0 Å². The molecule has 8 heteroatoms. The van der Waals surface area contributed by atoms with Gasteiger partial charge in [-0.1, -0.05) is 17.4 Å². The molecule has 0 fully saturated rings. The first kappa shape index (κ1) is 18.9. The fraction of sp³-hybridized carbons (Fsp3) is 0.190. The molecule has 148 valence electrons. The minimum Gasteiger partial charge on any atom is -0.497 e. The van der Waals surface area contributed by atoms with Gasteiger partial charge in [-0.3, -0.25) is 14.4 Å². The number of aromatic nitrogens is 3. The maximum atomic E-state index is 13.4. The molecule has 0 N–H and O–H groups in total. The number of hydrogen-bond acceptors (Lipinski definition) is 6. The molecule has 0 saturated heterocycles. The van der Waals surface area contributed by atoms with Gasteiger partial charge in [0.25, 0.3) is 5.91 Å². The van der Waals surface area contributed by atoms with Gasteiger partial charge >= 0.3 is 0 Å². The molecule has 2 aromatic heterocycles. The Morgan fingerprint density at radius 1 is 1.10 bits per heavy atom. The van der Waals surface area contributed by atoms with Gasteiger partial charge in [0.15, 0.2) is 5.13 Å². The highest BCUT2D eigenvalue weighted by molar-refractivity contribution is 7.22. The molecule has 4 aromatic rings. The second-order valence-corrected chi connectivity index (χ2v) is 7.30. The second-order valence-electron chi connectivity index (χ2n) is 6.29. The van der Waals surface area contributed by atoms with Crippen LogP contribution in [0.3, 0.4) is 0 Å². The number of rotatable bonds is 7. The van der Waals surface area contributed by atoms with Crippen molar-refractivity contribution in [3.63, 3.8) is 0 Å². The Hall–Kier alpha value is -3.39. The van der Waals surface area contributed by atoms with Crippen molar-refractivity contribution in [3.05, 3.63) is 66.5 Å². The minimum atomic E-state index is -0.137. The van der Waals surface area contributed by atoms with E-state index >= 15 is 0 Å². The van der Waals surface area contributed by atoms with Gasteiger partial charge in [-0.25, -0.2) is 4.98 Å². The van der Waals surface area contributed by atoms with Crippen LogP contribution in [0.4, 0.5) is 5.13 Å². The summed E-state index contributed by atoms with van der Waals surface area (Å²) in [5, 5.41) is 4.86. The second kappa shape index (κ2) is 8.32. The first-order valence-electron chi connectivity index (χ1n) is 9.06. The van der Waals surface area contributed by atoms with Gasteiger partial charge < -0.3 is 9.47 Å². The number of anilines is 1. The molecule has 0 atom stereocenters. The molecule has 0 bridgehead atoms. The molecule has 0 spiro atoms.